The molecule has 2 N–H and O–H groups in total. The van der Waals surface area contributed by atoms with Crippen molar-refractivity contribution in [3.8, 4) is 17.0 Å². The van der Waals surface area contributed by atoms with Crippen LogP contribution in [0.4, 0.5) is 0 Å². The van der Waals surface area contributed by atoms with Gasteiger partial charge in [0.15, 0.2) is 0 Å². The third-order valence-electron chi connectivity index (χ3n) is 4.47. The predicted octanol–water partition coefficient (Wildman–Crippen LogP) is 3.47. The van der Waals surface area contributed by atoms with Crippen LogP contribution in [-0.2, 0) is 9.47 Å². The lowest BCUT2D eigenvalue weighted by atomic mass is 9.84. The van der Waals surface area contributed by atoms with Gasteiger partial charge < -0.3 is 19.0 Å². The molecule has 0 spiro atoms. The van der Waals surface area contributed by atoms with Crippen LogP contribution in [-0.4, -0.2) is 29.5 Å². The van der Waals surface area contributed by atoms with E-state index >= 15 is 0 Å². The Kier molecular flexibility index (Phi) is 3.44. The highest BCUT2D eigenvalue weighted by Gasteiger charge is 2.36. The second kappa shape index (κ2) is 5.51. The summed E-state index contributed by atoms with van der Waals surface area (Å²) >= 11 is 0. The molecule has 0 amide bonds. The van der Waals surface area contributed by atoms with E-state index in [4.69, 9.17) is 13.9 Å². The molecule has 4 rings (SSSR count). The standard InChI is InChI=1S/C18H18N2O4/c1-9-6-14(20-19-9)13-7-11-12(8-15(13)21)17(23-3)18-10(4-5-24-18)16(11)22-2/h4-8,16-17,21H,1-3H3,(H,19,20). The van der Waals surface area contributed by atoms with Crippen molar-refractivity contribution < 1.29 is 19.0 Å². The summed E-state index contributed by atoms with van der Waals surface area (Å²) in [5, 5.41) is 17.7. The Balaban J connectivity index is 1.93. The number of furan rings is 1. The molecule has 0 saturated carbocycles. The Labute approximate surface area is 139 Å². The molecule has 2 unspecified atom stereocenters. The van der Waals surface area contributed by atoms with Gasteiger partial charge in [0.25, 0.3) is 0 Å². The van der Waals surface area contributed by atoms with Gasteiger partial charge >= 0.3 is 0 Å². The van der Waals surface area contributed by atoms with Gasteiger partial charge in [-0.3, -0.25) is 5.10 Å². The Bertz CT molecular complexity index is 896. The average Bonchev–Trinajstić information content (AvgIpc) is 3.21. The van der Waals surface area contributed by atoms with Crippen LogP contribution in [0.2, 0.25) is 0 Å². The molecule has 0 radical (unpaired) electrons. The molecule has 24 heavy (non-hydrogen) atoms. The predicted molar refractivity (Wildman–Crippen MR) is 86.8 cm³/mol. The number of phenols is 1. The van der Waals surface area contributed by atoms with Crippen molar-refractivity contribution in [3.05, 3.63) is 58.7 Å². The number of phenolic OH excluding ortho intramolecular Hbond substituents is 1. The Morgan fingerprint density at radius 3 is 2.50 bits per heavy atom. The molecule has 1 aromatic carbocycles. The zero-order chi connectivity index (χ0) is 16.8. The molecular formula is C18H18N2O4. The van der Waals surface area contributed by atoms with E-state index in [9.17, 15) is 5.11 Å². The van der Waals surface area contributed by atoms with E-state index in [1.54, 1.807) is 26.5 Å². The number of ether oxygens (including phenoxy) is 2. The molecule has 0 aliphatic heterocycles. The summed E-state index contributed by atoms with van der Waals surface area (Å²) in [6.07, 6.45) is 0.976. The van der Waals surface area contributed by atoms with E-state index in [-0.39, 0.29) is 18.0 Å². The minimum absolute atomic E-state index is 0.146. The first kappa shape index (κ1) is 15.0. The Hall–Kier alpha value is -2.57. The van der Waals surface area contributed by atoms with Crippen molar-refractivity contribution in [1.82, 2.24) is 10.2 Å². The molecule has 2 aromatic heterocycles. The second-order valence-electron chi connectivity index (χ2n) is 5.91. The molecule has 124 valence electrons. The number of hydrogen-bond donors (Lipinski definition) is 2. The topological polar surface area (TPSA) is 80.5 Å². The zero-order valence-electron chi connectivity index (χ0n) is 13.7. The monoisotopic (exact) mass is 326 g/mol. The van der Waals surface area contributed by atoms with Gasteiger partial charge in [0, 0.05) is 31.0 Å². The second-order valence-corrected chi connectivity index (χ2v) is 5.91. The first-order chi connectivity index (χ1) is 11.6. The molecule has 6 heteroatoms. The highest BCUT2D eigenvalue weighted by molar-refractivity contribution is 5.70. The first-order valence-electron chi connectivity index (χ1n) is 7.66. The number of methoxy groups -OCH3 is 2. The van der Waals surface area contributed by atoms with Crippen molar-refractivity contribution in [2.75, 3.05) is 14.2 Å². The highest BCUT2D eigenvalue weighted by atomic mass is 16.5. The lowest BCUT2D eigenvalue weighted by Gasteiger charge is -2.30. The summed E-state index contributed by atoms with van der Waals surface area (Å²) in [7, 11) is 3.28. The number of aromatic amines is 1. The number of hydrogen-bond acceptors (Lipinski definition) is 5. The quantitative estimate of drug-likeness (QED) is 0.770. The molecule has 2 heterocycles. The van der Waals surface area contributed by atoms with Crippen LogP contribution in [0, 0.1) is 6.92 Å². The van der Waals surface area contributed by atoms with Gasteiger partial charge in [0.2, 0.25) is 0 Å². The van der Waals surface area contributed by atoms with Crippen molar-refractivity contribution in [2.45, 2.75) is 19.1 Å². The number of benzene rings is 1. The number of aromatic hydroxyl groups is 1. The minimum atomic E-state index is -0.378. The fourth-order valence-corrected chi connectivity index (χ4v) is 3.39. The zero-order valence-corrected chi connectivity index (χ0v) is 13.7. The number of H-pyrrole nitrogens is 1. The van der Waals surface area contributed by atoms with Gasteiger partial charge in [0.1, 0.15) is 23.7 Å². The number of fused-ring (bicyclic) bond motifs is 2. The molecule has 0 fully saturated rings. The number of aryl methyl sites for hydroxylation is 1. The molecule has 2 atom stereocenters. The molecular weight excluding hydrogens is 308 g/mol. The maximum absolute atomic E-state index is 10.5. The van der Waals surface area contributed by atoms with Crippen LogP contribution in [0.5, 0.6) is 5.75 Å². The molecule has 3 aromatic rings. The number of aromatic nitrogens is 2. The van der Waals surface area contributed by atoms with Crippen molar-refractivity contribution in [3.63, 3.8) is 0 Å². The van der Waals surface area contributed by atoms with E-state index in [1.165, 1.54) is 0 Å². The van der Waals surface area contributed by atoms with Crippen LogP contribution in [0.3, 0.4) is 0 Å². The number of rotatable bonds is 3. The highest BCUT2D eigenvalue weighted by Crippen LogP contribution is 2.47. The maximum Gasteiger partial charge on any atom is 0.143 e. The van der Waals surface area contributed by atoms with Gasteiger partial charge in [-0.05, 0) is 42.3 Å². The lowest BCUT2D eigenvalue weighted by molar-refractivity contribution is 0.0848. The summed E-state index contributed by atoms with van der Waals surface area (Å²) < 4.78 is 16.9. The average molecular weight is 326 g/mol. The van der Waals surface area contributed by atoms with E-state index in [1.807, 2.05) is 25.1 Å². The van der Waals surface area contributed by atoms with Gasteiger partial charge in [-0.25, -0.2) is 0 Å². The van der Waals surface area contributed by atoms with E-state index < -0.39 is 0 Å². The molecule has 0 bridgehead atoms. The molecule has 1 aliphatic carbocycles. The number of nitrogens with zero attached hydrogens (tertiary/aromatic N) is 1. The minimum Gasteiger partial charge on any atom is -0.507 e. The van der Waals surface area contributed by atoms with E-state index in [2.05, 4.69) is 10.2 Å². The number of nitrogens with one attached hydrogen (secondary N) is 1. The van der Waals surface area contributed by atoms with Crippen LogP contribution >= 0.6 is 0 Å². The summed E-state index contributed by atoms with van der Waals surface area (Å²) in [5.74, 6) is 0.853. The van der Waals surface area contributed by atoms with Crippen LogP contribution in [0.1, 0.15) is 40.4 Å². The van der Waals surface area contributed by atoms with Gasteiger partial charge in [-0.1, -0.05) is 0 Å². The van der Waals surface area contributed by atoms with Crippen LogP contribution in [0.25, 0.3) is 11.3 Å². The van der Waals surface area contributed by atoms with E-state index in [0.717, 1.165) is 22.4 Å². The van der Waals surface area contributed by atoms with Crippen LogP contribution < -0.4 is 0 Å². The van der Waals surface area contributed by atoms with Crippen molar-refractivity contribution in [2.24, 2.45) is 0 Å². The van der Waals surface area contributed by atoms with Gasteiger partial charge in [0.05, 0.1) is 12.0 Å². The van der Waals surface area contributed by atoms with E-state index in [0.29, 0.717) is 17.0 Å². The van der Waals surface area contributed by atoms with Crippen molar-refractivity contribution >= 4 is 0 Å². The van der Waals surface area contributed by atoms with Gasteiger partial charge in [-0.2, -0.15) is 5.10 Å². The summed E-state index contributed by atoms with van der Waals surface area (Å²) in [5.41, 5.74) is 4.98. The molecule has 6 nitrogen and oxygen atoms in total. The first-order valence-corrected chi connectivity index (χ1v) is 7.66. The summed E-state index contributed by atoms with van der Waals surface area (Å²) in [6, 6.07) is 7.41. The third kappa shape index (κ3) is 2.07. The Morgan fingerprint density at radius 2 is 1.83 bits per heavy atom. The lowest BCUT2D eigenvalue weighted by Crippen LogP contribution is -2.19. The fraction of sp³-hybridized carbons (Fsp3) is 0.278. The van der Waals surface area contributed by atoms with Crippen LogP contribution in [0.15, 0.2) is 34.9 Å². The largest absolute Gasteiger partial charge is 0.507 e. The van der Waals surface area contributed by atoms with Crippen molar-refractivity contribution in [1.29, 1.82) is 0 Å². The molecule has 1 aliphatic rings. The molecule has 0 saturated heterocycles. The van der Waals surface area contributed by atoms with Gasteiger partial charge in [-0.15, -0.1) is 0 Å². The maximum atomic E-state index is 10.5. The smallest absolute Gasteiger partial charge is 0.143 e. The third-order valence-corrected chi connectivity index (χ3v) is 4.47. The fourth-order valence-electron chi connectivity index (χ4n) is 3.39. The summed E-state index contributed by atoms with van der Waals surface area (Å²) in [6.45, 7) is 1.92. The summed E-state index contributed by atoms with van der Waals surface area (Å²) in [4.78, 5) is 0. The SMILES string of the molecule is COC1c2cc(-c3cc(C)[nH]n3)c(O)cc2C(OC)c2occc21. The normalized spacial score (nSPS) is 19.1. The Morgan fingerprint density at radius 1 is 1.08 bits per heavy atom.